The van der Waals surface area contributed by atoms with E-state index >= 15 is 0 Å². The molecule has 1 aromatic heterocycles. The molecule has 2 fully saturated rings. The Hall–Kier alpha value is -2.93. The molecule has 1 N–H and O–H groups in total. The third-order valence-electron chi connectivity index (χ3n) is 5.87. The first kappa shape index (κ1) is 19.1. The number of para-hydroxylation sites is 1. The van der Waals surface area contributed by atoms with E-state index in [9.17, 15) is 14.0 Å². The number of benzene rings is 2. The van der Waals surface area contributed by atoms with Gasteiger partial charge in [-0.2, -0.15) is 4.68 Å². The summed E-state index contributed by atoms with van der Waals surface area (Å²) >= 11 is 5.94. The summed E-state index contributed by atoms with van der Waals surface area (Å²) in [7, 11) is 0. The van der Waals surface area contributed by atoms with Crippen LogP contribution in [0.4, 0.5) is 10.3 Å². The van der Waals surface area contributed by atoms with Crippen molar-refractivity contribution in [2.75, 3.05) is 23.4 Å². The summed E-state index contributed by atoms with van der Waals surface area (Å²) in [5.41, 5.74) is 3.35. The molecule has 6 nitrogen and oxygen atoms in total. The van der Waals surface area contributed by atoms with Crippen molar-refractivity contribution in [1.29, 1.82) is 0 Å². The van der Waals surface area contributed by atoms with Crippen molar-refractivity contribution in [3.8, 4) is 0 Å². The second-order valence-corrected chi connectivity index (χ2v) is 8.30. The monoisotopic (exact) mass is 426 g/mol. The largest absolute Gasteiger partial charge is 0.341 e. The highest BCUT2D eigenvalue weighted by Gasteiger charge is 2.44. The van der Waals surface area contributed by atoms with Gasteiger partial charge in [0.05, 0.1) is 5.39 Å². The van der Waals surface area contributed by atoms with Crippen LogP contribution in [-0.2, 0) is 4.79 Å². The Bertz CT molecular complexity index is 1190. The third-order valence-corrected chi connectivity index (χ3v) is 6.12. The van der Waals surface area contributed by atoms with Gasteiger partial charge in [0, 0.05) is 24.0 Å². The van der Waals surface area contributed by atoms with Crippen LogP contribution in [0, 0.1) is 11.7 Å². The lowest BCUT2D eigenvalue weighted by Gasteiger charge is -2.22. The molecule has 1 saturated carbocycles. The molecule has 0 bridgehead atoms. The van der Waals surface area contributed by atoms with Gasteiger partial charge in [0.25, 0.3) is 5.56 Å². The van der Waals surface area contributed by atoms with Gasteiger partial charge in [-0.15, -0.1) is 0 Å². The van der Waals surface area contributed by atoms with E-state index < -0.39 is 11.4 Å². The molecular formula is C22H20ClFN4O2. The molecule has 1 saturated heterocycles. The van der Waals surface area contributed by atoms with Crippen LogP contribution in [0.25, 0.3) is 10.9 Å². The molecule has 2 unspecified atom stereocenters. The Kier molecular flexibility index (Phi) is 4.70. The molecule has 3 aromatic rings. The van der Waals surface area contributed by atoms with Gasteiger partial charge in [0.15, 0.2) is 0 Å². The lowest BCUT2D eigenvalue weighted by atomic mass is 10.1. The fourth-order valence-corrected chi connectivity index (χ4v) is 4.28. The molecule has 1 amide bonds. The minimum Gasteiger partial charge on any atom is -0.341 e. The van der Waals surface area contributed by atoms with Crippen LogP contribution >= 0.6 is 11.6 Å². The van der Waals surface area contributed by atoms with Crippen LogP contribution in [-0.4, -0.2) is 28.7 Å². The molecule has 8 heteroatoms. The molecule has 2 aliphatic rings. The normalized spacial score (nSPS) is 20.5. The van der Waals surface area contributed by atoms with E-state index in [1.807, 2.05) is 29.2 Å². The number of hydrogen-bond acceptors (Lipinski definition) is 4. The van der Waals surface area contributed by atoms with Crippen LogP contribution in [0.2, 0.25) is 5.02 Å². The molecule has 2 aromatic carbocycles. The van der Waals surface area contributed by atoms with E-state index in [1.165, 1.54) is 22.9 Å². The number of halogens is 2. The smallest absolute Gasteiger partial charge is 0.281 e. The van der Waals surface area contributed by atoms with Gasteiger partial charge in [-0.3, -0.25) is 15.0 Å². The highest BCUT2D eigenvalue weighted by atomic mass is 35.5. The molecule has 0 spiro atoms. The minimum atomic E-state index is -0.548. The van der Waals surface area contributed by atoms with Crippen LogP contribution in [0.5, 0.6) is 0 Å². The topological polar surface area (TPSA) is 67.2 Å². The summed E-state index contributed by atoms with van der Waals surface area (Å²) < 4.78 is 15.5. The quantitative estimate of drug-likeness (QED) is 0.691. The molecule has 2 heterocycles. The maximum Gasteiger partial charge on any atom is 0.281 e. The zero-order chi connectivity index (χ0) is 20.8. The van der Waals surface area contributed by atoms with Crippen molar-refractivity contribution in [2.45, 2.75) is 25.2 Å². The fraction of sp³-hybridized carbons (Fsp3) is 0.318. The standard InChI is InChI=1S/C22H20ClFN4O2/c23-14-8-6-13(7-9-14)16-12-17(16)20(29)26-28-21(30)15-4-3-5-18(24)19(15)25-22(28)27-10-1-2-11-27/h3-9,16-17H,1-2,10-12H2,(H,26,29). The number of hydrogen-bond donors (Lipinski definition) is 1. The number of nitrogens with zero attached hydrogens (tertiary/aromatic N) is 3. The Morgan fingerprint density at radius 2 is 1.87 bits per heavy atom. The summed E-state index contributed by atoms with van der Waals surface area (Å²) in [6, 6.07) is 11.7. The van der Waals surface area contributed by atoms with Gasteiger partial charge in [-0.25, -0.2) is 9.37 Å². The van der Waals surface area contributed by atoms with Crippen molar-refractivity contribution in [2.24, 2.45) is 5.92 Å². The van der Waals surface area contributed by atoms with Crippen LogP contribution in [0.1, 0.15) is 30.7 Å². The Labute approximate surface area is 177 Å². The Morgan fingerprint density at radius 1 is 1.13 bits per heavy atom. The third kappa shape index (κ3) is 3.33. The maximum absolute atomic E-state index is 14.3. The number of rotatable bonds is 4. The number of nitrogens with one attached hydrogen (secondary N) is 1. The number of carbonyl (C=O) groups excluding carboxylic acids is 1. The van der Waals surface area contributed by atoms with E-state index in [1.54, 1.807) is 0 Å². The molecule has 2 atom stereocenters. The first-order chi connectivity index (χ1) is 14.5. The Morgan fingerprint density at radius 3 is 2.60 bits per heavy atom. The predicted molar refractivity (Wildman–Crippen MR) is 114 cm³/mol. The zero-order valence-corrected chi connectivity index (χ0v) is 16.9. The summed E-state index contributed by atoms with van der Waals surface area (Å²) in [5, 5.41) is 0.792. The molecule has 154 valence electrons. The van der Waals surface area contributed by atoms with Crippen LogP contribution in [0.3, 0.4) is 0 Å². The van der Waals surface area contributed by atoms with Crippen molar-refractivity contribution in [1.82, 2.24) is 9.66 Å². The first-order valence-corrected chi connectivity index (χ1v) is 10.4. The maximum atomic E-state index is 14.3. The second-order valence-electron chi connectivity index (χ2n) is 7.86. The summed E-state index contributed by atoms with van der Waals surface area (Å²) in [5.74, 6) is -0.637. The highest BCUT2D eigenvalue weighted by molar-refractivity contribution is 6.30. The number of fused-ring (bicyclic) bond motifs is 1. The van der Waals surface area contributed by atoms with Crippen molar-refractivity contribution >= 4 is 34.4 Å². The average molecular weight is 427 g/mol. The molecular weight excluding hydrogens is 407 g/mol. The van der Waals surface area contributed by atoms with Crippen LogP contribution < -0.4 is 15.9 Å². The molecule has 0 radical (unpaired) electrons. The molecule has 5 rings (SSSR count). The molecule has 30 heavy (non-hydrogen) atoms. The van der Waals surface area contributed by atoms with Gasteiger partial charge in [-0.05, 0) is 55.0 Å². The number of amides is 1. The van der Waals surface area contributed by atoms with Gasteiger partial charge >= 0.3 is 0 Å². The number of anilines is 1. The second kappa shape index (κ2) is 7.40. The summed E-state index contributed by atoms with van der Waals surface area (Å²) in [6.45, 7) is 1.41. The summed E-state index contributed by atoms with van der Waals surface area (Å²) in [6.07, 6.45) is 2.62. The minimum absolute atomic E-state index is 0.0281. The van der Waals surface area contributed by atoms with Crippen LogP contribution in [0.15, 0.2) is 47.3 Å². The van der Waals surface area contributed by atoms with E-state index in [0.717, 1.165) is 18.4 Å². The lowest BCUT2D eigenvalue weighted by molar-refractivity contribution is -0.118. The number of aromatic nitrogens is 2. The molecule has 1 aliphatic heterocycles. The lowest BCUT2D eigenvalue weighted by Crippen LogP contribution is -2.39. The Balaban J connectivity index is 1.48. The van der Waals surface area contributed by atoms with E-state index in [-0.39, 0.29) is 34.6 Å². The van der Waals surface area contributed by atoms with E-state index in [4.69, 9.17) is 11.6 Å². The predicted octanol–water partition coefficient (Wildman–Crippen LogP) is 3.66. The van der Waals surface area contributed by atoms with Crippen molar-refractivity contribution in [3.63, 3.8) is 0 Å². The average Bonchev–Trinajstić information content (AvgIpc) is 3.36. The first-order valence-electron chi connectivity index (χ1n) is 10.1. The summed E-state index contributed by atoms with van der Waals surface area (Å²) in [4.78, 5) is 32.4. The highest BCUT2D eigenvalue weighted by Crippen LogP contribution is 2.47. The van der Waals surface area contributed by atoms with E-state index in [2.05, 4.69) is 10.4 Å². The fourth-order valence-electron chi connectivity index (χ4n) is 4.15. The molecule has 1 aliphatic carbocycles. The van der Waals surface area contributed by atoms with Gasteiger partial charge in [-0.1, -0.05) is 29.8 Å². The zero-order valence-electron chi connectivity index (χ0n) is 16.1. The van der Waals surface area contributed by atoms with E-state index in [0.29, 0.717) is 24.5 Å². The van der Waals surface area contributed by atoms with Gasteiger partial charge < -0.3 is 4.90 Å². The van der Waals surface area contributed by atoms with Gasteiger partial charge in [0.2, 0.25) is 11.9 Å². The van der Waals surface area contributed by atoms with Crippen molar-refractivity contribution in [3.05, 3.63) is 69.2 Å². The van der Waals surface area contributed by atoms with Gasteiger partial charge in [0.1, 0.15) is 11.3 Å². The number of carbonyl (C=O) groups is 1. The SMILES string of the molecule is O=C(Nn1c(N2CCCC2)nc2c(F)cccc2c1=O)C1CC1c1ccc(Cl)cc1. The van der Waals surface area contributed by atoms with Crippen molar-refractivity contribution < 1.29 is 9.18 Å².